The molecule has 0 saturated heterocycles. The molecule has 0 radical (unpaired) electrons. The normalized spacial score (nSPS) is 10.1. The first kappa shape index (κ1) is 10.5. The van der Waals surface area contributed by atoms with Crippen molar-refractivity contribution in [2.75, 3.05) is 7.11 Å². The molecule has 2 nitrogen and oxygen atoms in total. The molecule has 0 unspecified atom stereocenters. The van der Waals surface area contributed by atoms with E-state index in [1.165, 1.54) is 6.07 Å². The largest absolute Gasteiger partial charge is 0.507 e. The van der Waals surface area contributed by atoms with Crippen molar-refractivity contribution in [3.05, 3.63) is 48.3 Å². The number of phenols is 1. The van der Waals surface area contributed by atoms with Crippen LogP contribution in [0.2, 0.25) is 0 Å². The van der Waals surface area contributed by atoms with Gasteiger partial charge in [-0.15, -0.1) is 0 Å². The Bertz CT molecular complexity index is 492. The van der Waals surface area contributed by atoms with E-state index in [1.807, 2.05) is 12.1 Å². The van der Waals surface area contributed by atoms with Gasteiger partial charge in [-0.25, -0.2) is 4.39 Å². The Morgan fingerprint density at radius 2 is 1.75 bits per heavy atom. The Hall–Kier alpha value is -2.03. The Kier molecular flexibility index (Phi) is 2.77. The number of rotatable bonds is 2. The number of halogens is 1. The summed E-state index contributed by atoms with van der Waals surface area (Å²) in [6.45, 7) is 0. The summed E-state index contributed by atoms with van der Waals surface area (Å²) in [5, 5.41) is 9.60. The molecule has 0 bridgehead atoms. The molecule has 1 N–H and O–H groups in total. The molecule has 0 atom stereocenters. The summed E-state index contributed by atoms with van der Waals surface area (Å²) in [7, 11) is 1.59. The van der Waals surface area contributed by atoms with Gasteiger partial charge in [0.25, 0.3) is 0 Å². The molecule has 82 valence electrons. The monoisotopic (exact) mass is 218 g/mol. The van der Waals surface area contributed by atoms with Gasteiger partial charge in [0.1, 0.15) is 17.3 Å². The molecule has 0 fully saturated rings. The van der Waals surface area contributed by atoms with E-state index >= 15 is 0 Å². The van der Waals surface area contributed by atoms with Gasteiger partial charge in [-0.2, -0.15) is 0 Å². The molecule has 0 saturated carbocycles. The van der Waals surface area contributed by atoms with Gasteiger partial charge in [-0.05, 0) is 29.8 Å². The lowest BCUT2D eigenvalue weighted by atomic mass is 10.0. The summed E-state index contributed by atoms with van der Waals surface area (Å²) in [4.78, 5) is 0. The zero-order valence-corrected chi connectivity index (χ0v) is 8.77. The highest BCUT2D eigenvalue weighted by molar-refractivity contribution is 5.70. The fraction of sp³-hybridized carbons (Fsp3) is 0.0769. The van der Waals surface area contributed by atoms with Crippen LogP contribution in [-0.2, 0) is 0 Å². The van der Waals surface area contributed by atoms with Crippen LogP contribution in [0, 0.1) is 5.82 Å². The number of methoxy groups -OCH3 is 1. The summed E-state index contributed by atoms with van der Waals surface area (Å²) >= 11 is 0. The quantitative estimate of drug-likeness (QED) is 0.838. The third-order valence-corrected chi connectivity index (χ3v) is 2.36. The molecule has 0 aromatic heterocycles. The van der Waals surface area contributed by atoms with E-state index in [4.69, 9.17) is 4.74 Å². The van der Waals surface area contributed by atoms with Crippen LogP contribution in [0.3, 0.4) is 0 Å². The maximum absolute atomic E-state index is 12.8. The van der Waals surface area contributed by atoms with Gasteiger partial charge in [0.2, 0.25) is 0 Å². The first-order valence-corrected chi connectivity index (χ1v) is 4.83. The molecule has 2 aromatic rings. The zero-order valence-electron chi connectivity index (χ0n) is 8.77. The van der Waals surface area contributed by atoms with Crippen molar-refractivity contribution in [2.24, 2.45) is 0 Å². The van der Waals surface area contributed by atoms with Crippen LogP contribution >= 0.6 is 0 Å². The summed E-state index contributed by atoms with van der Waals surface area (Å²) in [5.41, 5.74) is 1.42. The van der Waals surface area contributed by atoms with Gasteiger partial charge < -0.3 is 9.84 Å². The summed E-state index contributed by atoms with van der Waals surface area (Å²) in [6, 6.07) is 11.2. The minimum atomic E-state index is -0.449. The number of phenolic OH excluding ortho intramolecular Hbond substituents is 1. The van der Waals surface area contributed by atoms with Gasteiger partial charge in [0.05, 0.1) is 7.11 Å². The first-order chi connectivity index (χ1) is 7.70. The van der Waals surface area contributed by atoms with Crippen molar-refractivity contribution in [2.45, 2.75) is 0 Å². The Balaban J connectivity index is 2.42. The fourth-order valence-electron chi connectivity index (χ4n) is 1.52. The molecular weight excluding hydrogens is 207 g/mol. The first-order valence-electron chi connectivity index (χ1n) is 4.83. The molecule has 3 heteroatoms. The van der Waals surface area contributed by atoms with Crippen LogP contribution in [0.15, 0.2) is 42.5 Å². The second kappa shape index (κ2) is 4.23. The van der Waals surface area contributed by atoms with Crippen LogP contribution in [0.4, 0.5) is 4.39 Å². The van der Waals surface area contributed by atoms with Crippen LogP contribution in [0.1, 0.15) is 0 Å². The molecule has 2 rings (SSSR count). The number of aromatic hydroxyl groups is 1. The maximum atomic E-state index is 12.8. The highest BCUT2D eigenvalue weighted by Crippen LogP contribution is 2.30. The van der Waals surface area contributed by atoms with Gasteiger partial charge in [0, 0.05) is 11.6 Å². The van der Waals surface area contributed by atoms with Crippen molar-refractivity contribution in [1.29, 1.82) is 0 Å². The molecule has 0 aliphatic carbocycles. The molecule has 0 aliphatic heterocycles. The Morgan fingerprint density at radius 1 is 1.06 bits per heavy atom. The topological polar surface area (TPSA) is 29.5 Å². The summed E-state index contributed by atoms with van der Waals surface area (Å²) < 4.78 is 17.8. The van der Waals surface area contributed by atoms with Crippen molar-refractivity contribution >= 4 is 0 Å². The van der Waals surface area contributed by atoms with Crippen LogP contribution in [0.5, 0.6) is 11.5 Å². The van der Waals surface area contributed by atoms with E-state index in [0.717, 1.165) is 17.4 Å². The predicted octanol–water partition coefficient (Wildman–Crippen LogP) is 3.21. The Morgan fingerprint density at radius 3 is 2.31 bits per heavy atom. The molecule has 0 heterocycles. The predicted molar refractivity (Wildman–Crippen MR) is 60.1 cm³/mol. The van der Waals surface area contributed by atoms with E-state index in [1.54, 1.807) is 25.3 Å². The zero-order chi connectivity index (χ0) is 11.5. The molecule has 16 heavy (non-hydrogen) atoms. The third kappa shape index (κ3) is 1.98. The molecule has 0 aliphatic rings. The van der Waals surface area contributed by atoms with Crippen LogP contribution in [-0.4, -0.2) is 12.2 Å². The van der Waals surface area contributed by atoms with Crippen molar-refractivity contribution in [3.63, 3.8) is 0 Å². The van der Waals surface area contributed by atoms with E-state index in [-0.39, 0.29) is 5.75 Å². The number of hydrogen-bond donors (Lipinski definition) is 1. The average Bonchev–Trinajstić information content (AvgIpc) is 2.29. The van der Waals surface area contributed by atoms with Gasteiger partial charge >= 0.3 is 0 Å². The highest BCUT2D eigenvalue weighted by Gasteiger charge is 2.05. The molecule has 2 aromatic carbocycles. The lowest BCUT2D eigenvalue weighted by molar-refractivity contribution is 0.415. The Labute approximate surface area is 92.9 Å². The summed E-state index contributed by atoms with van der Waals surface area (Å²) in [6.07, 6.45) is 0. The number of benzene rings is 2. The van der Waals surface area contributed by atoms with E-state index in [0.29, 0.717) is 5.56 Å². The third-order valence-electron chi connectivity index (χ3n) is 2.36. The summed E-state index contributed by atoms with van der Waals surface area (Å²) in [5.74, 6) is 0.227. The molecular formula is C13H11FO2. The second-order valence-corrected chi connectivity index (χ2v) is 3.39. The van der Waals surface area contributed by atoms with E-state index in [2.05, 4.69) is 0 Å². The van der Waals surface area contributed by atoms with Gasteiger partial charge in [-0.1, -0.05) is 12.1 Å². The maximum Gasteiger partial charge on any atom is 0.126 e. The van der Waals surface area contributed by atoms with Crippen molar-refractivity contribution < 1.29 is 14.2 Å². The lowest BCUT2D eigenvalue weighted by Crippen LogP contribution is -1.84. The average molecular weight is 218 g/mol. The van der Waals surface area contributed by atoms with Gasteiger partial charge in [0.15, 0.2) is 0 Å². The van der Waals surface area contributed by atoms with Gasteiger partial charge in [-0.3, -0.25) is 0 Å². The van der Waals surface area contributed by atoms with Crippen molar-refractivity contribution in [3.8, 4) is 22.6 Å². The number of hydrogen-bond acceptors (Lipinski definition) is 2. The fourth-order valence-corrected chi connectivity index (χ4v) is 1.52. The van der Waals surface area contributed by atoms with Crippen LogP contribution < -0.4 is 4.74 Å². The van der Waals surface area contributed by atoms with Crippen molar-refractivity contribution in [1.82, 2.24) is 0 Å². The number of ether oxygens (including phenoxy) is 1. The second-order valence-electron chi connectivity index (χ2n) is 3.39. The SMILES string of the molecule is COc1ccc(-c2ccc(F)cc2O)cc1. The van der Waals surface area contributed by atoms with E-state index < -0.39 is 5.82 Å². The van der Waals surface area contributed by atoms with Crippen LogP contribution in [0.25, 0.3) is 11.1 Å². The minimum absolute atomic E-state index is 0.0647. The van der Waals surface area contributed by atoms with E-state index in [9.17, 15) is 9.50 Å². The standard InChI is InChI=1S/C13H11FO2/c1-16-11-5-2-9(3-6-11)12-7-4-10(14)8-13(12)15/h2-8,15H,1H3. The highest BCUT2D eigenvalue weighted by atomic mass is 19.1. The minimum Gasteiger partial charge on any atom is -0.507 e. The smallest absolute Gasteiger partial charge is 0.126 e. The lowest BCUT2D eigenvalue weighted by Gasteiger charge is -2.05. The molecule has 0 spiro atoms. The molecule has 0 amide bonds.